The Morgan fingerprint density at radius 2 is 1.78 bits per heavy atom. The van der Waals surface area contributed by atoms with Crippen LogP contribution in [0.2, 0.25) is 0 Å². The smallest absolute Gasteiger partial charge is 0.0209 e. The van der Waals surface area contributed by atoms with E-state index in [0.29, 0.717) is 0 Å². The lowest BCUT2D eigenvalue weighted by Crippen LogP contribution is -2.42. The maximum absolute atomic E-state index is 3.82. The molecule has 0 amide bonds. The third kappa shape index (κ3) is 3.08. The third-order valence-electron chi connectivity index (χ3n) is 5.35. The first kappa shape index (κ1) is 12.9. The summed E-state index contributed by atoms with van der Waals surface area (Å²) in [5.74, 6) is 1.00. The summed E-state index contributed by atoms with van der Waals surface area (Å²) in [4.78, 5) is 2.82. The Morgan fingerprint density at radius 3 is 2.44 bits per heavy atom. The minimum Gasteiger partial charge on any atom is -0.310 e. The standard InChI is InChI=1S/C16H30N2/c1-2-16(13-6-4-3-5-7-13)18-11-10-15(12-18)17-14-8-9-14/h13-17H,2-12H2,1H3. The van der Waals surface area contributed by atoms with Crippen molar-refractivity contribution >= 4 is 0 Å². The van der Waals surface area contributed by atoms with Crippen LogP contribution in [0, 0.1) is 5.92 Å². The lowest BCUT2D eigenvalue weighted by atomic mass is 9.82. The molecule has 1 saturated heterocycles. The van der Waals surface area contributed by atoms with Crippen molar-refractivity contribution in [2.24, 2.45) is 5.92 Å². The van der Waals surface area contributed by atoms with Crippen LogP contribution < -0.4 is 5.32 Å². The molecule has 1 N–H and O–H groups in total. The van der Waals surface area contributed by atoms with E-state index < -0.39 is 0 Å². The van der Waals surface area contributed by atoms with Gasteiger partial charge in [0, 0.05) is 31.2 Å². The number of nitrogens with one attached hydrogen (secondary N) is 1. The molecule has 2 saturated carbocycles. The van der Waals surface area contributed by atoms with Gasteiger partial charge < -0.3 is 5.32 Å². The van der Waals surface area contributed by atoms with Gasteiger partial charge in [0.25, 0.3) is 0 Å². The van der Waals surface area contributed by atoms with E-state index in [0.717, 1.165) is 24.0 Å². The highest BCUT2D eigenvalue weighted by Gasteiger charge is 2.34. The molecule has 18 heavy (non-hydrogen) atoms. The highest BCUT2D eigenvalue weighted by atomic mass is 15.2. The van der Waals surface area contributed by atoms with Crippen LogP contribution in [0.4, 0.5) is 0 Å². The maximum Gasteiger partial charge on any atom is 0.0209 e. The molecule has 104 valence electrons. The minimum atomic E-state index is 0.801. The average molecular weight is 250 g/mol. The summed E-state index contributed by atoms with van der Waals surface area (Å²) in [5, 5.41) is 3.82. The first-order valence-electron chi connectivity index (χ1n) is 8.37. The van der Waals surface area contributed by atoms with E-state index in [1.807, 2.05) is 0 Å². The van der Waals surface area contributed by atoms with Crippen molar-refractivity contribution in [3.05, 3.63) is 0 Å². The number of rotatable bonds is 5. The van der Waals surface area contributed by atoms with Crippen LogP contribution in [-0.4, -0.2) is 36.1 Å². The quantitative estimate of drug-likeness (QED) is 0.806. The predicted octanol–water partition coefficient (Wildman–Crippen LogP) is 3.17. The van der Waals surface area contributed by atoms with E-state index >= 15 is 0 Å². The molecule has 3 fully saturated rings. The predicted molar refractivity (Wildman–Crippen MR) is 76.8 cm³/mol. The van der Waals surface area contributed by atoms with E-state index in [4.69, 9.17) is 0 Å². The SMILES string of the molecule is CCC(C1CCCCC1)N1CCC(NC2CC2)C1. The Morgan fingerprint density at radius 1 is 1.00 bits per heavy atom. The summed E-state index contributed by atoms with van der Waals surface area (Å²) >= 11 is 0. The van der Waals surface area contributed by atoms with E-state index in [2.05, 4.69) is 17.1 Å². The van der Waals surface area contributed by atoms with Crippen molar-refractivity contribution in [2.45, 2.75) is 82.8 Å². The molecule has 2 aliphatic carbocycles. The summed E-state index contributed by atoms with van der Waals surface area (Å²) < 4.78 is 0. The monoisotopic (exact) mass is 250 g/mol. The van der Waals surface area contributed by atoms with Crippen LogP contribution in [0.3, 0.4) is 0 Å². The second-order valence-electron chi connectivity index (χ2n) is 6.80. The van der Waals surface area contributed by atoms with Gasteiger partial charge in [-0.25, -0.2) is 0 Å². The Bertz CT molecular complexity index is 256. The molecule has 0 aromatic carbocycles. The molecule has 0 aromatic heterocycles. The van der Waals surface area contributed by atoms with Crippen LogP contribution in [0.1, 0.15) is 64.7 Å². The summed E-state index contributed by atoms with van der Waals surface area (Å²) in [6.07, 6.45) is 13.1. The van der Waals surface area contributed by atoms with Crippen LogP contribution in [0.15, 0.2) is 0 Å². The van der Waals surface area contributed by atoms with Crippen LogP contribution in [0.25, 0.3) is 0 Å². The van der Waals surface area contributed by atoms with Gasteiger partial charge in [-0.3, -0.25) is 4.90 Å². The minimum absolute atomic E-state index is 0.801. The second-order valence-corrected chi connectivity index (χ2v) is 6.80. The van der Waals surface area contributed by atoms with Crippen LogP contribution in [-0.2, 0) is 0 Å². The van der Waals surface area contributed by atoms with E-state index in [1.54, 1.807) is 0 Å². The van der Waals surface area contributed by atoms with Crippen molar-refractivity contribution < 1.29 is 0 Å². The fourth-order valence-electron chi connectivity index (χ4n) is 4.22. The molecular weight excluding hydrogens is 220 g/mol. The Balaban J connectivity index is 1.51. The zero-order chi connectivity index (χ0) is 12.4. The van der Waals surface area contributed by atoms with E-state index in [1.165, 1.54) is 70.9 Å². The van der Waals surface area contributed by atoms with Gasteiger partial charge in [0.15, 0.2) is 0 Å². The normalized spacial score (nSPS) is 32.8. The molecular formula is C16H30N2. The summed E-state index contributed by atoms with van der Waals surface area (Å²) in [7, 11) is 0. The summed E-state index contributed by atoms with van der Waals surface area (Å²) in [5.41, 5.74) is 0. The molecule has 0 aromatic rings. The largest absolute Gasteiger partial charge is 0.310 e. The van der Waals surface area contributed by atoms with Crippen molar-refractivity contribution in [3.8, 4) is 0 Å². The average Bonchev–Trinajstić information content (AvgIpc) is 3.10. The van der Waals surface area contributed by atoms with Gasteiger partial charge in [0.05, 0.1) is 0 Å². The lowest BCUT2D eigenvalue weighted by Gasteiger charge is -2.36. The Kier molecular flexibility index (Phi) is 4.25. The fraction of sp³-hybridized carbons (Fsp3) is 1.00. The van der Waals surface area contributed by atoms with Crippen molar-refractivity contribution in [1.29, 1.82) is 0 Å². The van der Waals surface area contributed by atoms with Gasteiger partial charge in [0.2, 0.25) is 0 Å². The van der Waals surface area contributed by atoms with Gasteiger partial charge in [0.1, 0.15) is 0 Å². The molecule has 3 rings (SSSR count). The first-order chi connectivity index (χ1) is 8.86. The first-order valence-corrected chi connectivity index (χ1v) is 8.37. The fourth-order valence-corrected chi connectivity index (χ4v) is 4.22. The number of nitrogens with zero attached hydrogens (tertiary/aromatic N) is 1. The van der Waals surface area contributed by atoms with Crippen molar-refractivity contribution in [2.75, 3.05) is 13.1 Å². The molecule has 0 bridgehead atoms. The molecule has 2 unspecified atom stereocenters. The Labute approximate surface area is 113 Å². The van der Waals surface area contributed by atoms with Gasteiger partial charge in [-0.1, -0.05) is 26.2 Å². The highest BCUT2D eigenvalue weighted by Crippen LogP contribution is 2.32. The maximum atomic E-state index is 3.82. The number of hydrogen-bond donors (Lipinski definition) is 1. The molecule has 1 heterocycles. The van der Waals surface area contributed by atoms with E-state index in [9.17, 15) is 0 Å². The van der Waals surface area contributed by atoms with Crippen LogP contribution >= 0.6 is 0 Å². The van der Waals surface area contributed by atoms with Gasteiger partial charge in [-0.2, -0.15) is 0 Å². The zero-order valence-corrected chi connectivity index (χ0v) is 12.0. The molecule has 1 aliphatic heterocycles. The van der Waals surface area contributed by atoms with Crippen molar-refractivity contribution in [1.82, 2.24) is 10.2 Å². The van der Waals surface area contributed by atoms with Gasteiger partial charge >= 0.3 is 0 Å². The van der Waals surface area contributed by atoms with E-state index in [-0.39, 0.29) is 0 Å². The molecule has 2 heteroatoms. The third-order valence-corrected chi connectivity index (χ3v) is 5.35. The number of hydrogen-bond acceptors (Lipinski definition) is 2. The molecule has 2 nitrogen and oxygen atoms in total. The van der Waals surface area contributed by atoms with Gasteiger partial charge in [-0.15, -0.1) is 0 Å². The van der Waals surface area contributed by atoms with Gasteiger partial charge in [-0.05, 0) is 44.4 Å². The Hall–Kier alpha value is -0.0800. The zero-order valence-electron chi connectivity index (χ0n) is 12.0. The second kappa shape index (κ2) is 5.92. The molecule has 2 atom stereocenters. The van der Waals surface area contributed by atoms with Crippen LogP contribution in [0.5, 0.6) is 0 Å². The molecule has 0 spiro atoms. The molecule has 3 aliphatic rings. The topological polar surface area (TPSA) is 15.3 Å². The lowest BCUT2D eigenvalue weighted by molar-refractivity contribution is 0.135. The number of likely N-dealkylation sites (tertiary alicyclic amines) is 1. The van der Waals surface area contributed by atoms with Crippen molar-refractivity contribution in [3.63, 3.8) is 0 Å². The highest BCUT2D eigenvalue weighted by molar-refractivity contribution is 4.92. The summed E-state index contributed by atoms with van der Waals surface area (Å²) in [6.45, 7) is 5.08. The summed E-state index contributed by atoms with van der Waals surface area (Å²) in [6, 6.07) is 2.57. The molecule has 0 radical (unpaired) electrons.